The predicted octanol–water partition coefficient (Wildman–Crippen LogP) is 5.84. The lowest BCUT2D eigenvalue weighted by Gasteiger charge is -2.09. The van der Waals surface area contributed by atoms with Gasteiger partial charge in [0, 0.05) is 17.0 Å². The number of carbonyl (C=O) groups excluding carboxylic acids is 1. The second-order valence-corrected chi connectivity index (χ2v) is 7.98. The molecule has 37 heavy (non-hydrogen) atoms. The van der Waals surface area contributed by atoms with E-state index in [1.807, 2.05) is 54.6 Å². The van der Waals surface area contributed by atoms with Crippen molar-refractivity contribution in [2.75, 3.05) is 7.11 Å². The number of hydrazone groups is 1. The number of benzene rings is 3. The number of methoxy groups -OCH3 is 1. The van der Waals surface area contributed by atoms with Crippen LogP contribution in [0.1, 0.15) is 16.1 Å². The van der Waals surface area contributed by atoms with Gasteiger partial charge in [-0.2, -0.15) is 5.10 Å². The molecule has 2 heterocycles. The Kier molecular flexibility index (Phi) is 6.41. The Balaban J connectivity index is 1.37. The van der Waals surface area contributed by atoms with Gasteiger partial charge in [0.15, 0.2) is 0 Å². The molecule has 9 heteroatoms. The molecule has 0 saturated carbocycles. The molecule has 0 bridgehead atoms. The fraction of sp³-hybridized carbons (Fsp3) is 0.0357. The molecule has 0 aliphatic heterocycles. The first-order valence-electron chi connectivity index (χ1n) is 11.2. The monoisotopic (exact) mass is 492 g/mol. The van der Waals surface area contributed by atoms with E-state index in [1.165, 1.54) is 25.5 Å². The predicted molar refractivity (Wildman–Crippen MR) is 140 cm³/mol. The number of hydrogen-bond acceptors (Lipinski definition) is 7. The summed E-state index contributed by atoms with van der Waals surface area (Å²) in [4.78, 5) is 28.3. The molecule has 2 aromatic heterocycles. The van der Waals surface area contributed by atoms with Crippen molar-refractivity contribution in [2.24, 2.45) is 5.10 Å². The number of para-hydroxylation sites is 1. The maximum atomic E-state index is 13.1. The van der Waals surface area contributed by atoms with Crippen molar-refractivity contribution >= 4 is 28.7 Å². The van der Waals surface area contributed by atoms with Gasteiger partial charge in [0.2, 0.25) is 0 Å². The first-order chi connectivity index (χ1) is 18.0. The lowest BCUT2D eigenvalue weighted by Crippen LogP contribution is -2.18. The van der Waals surface area contributed by atoms with Crippen molar-refractivity contribution in [1.29, 1.82) is 0 Å². The van der Waals surface area contributed by atoms with Gasteiger partial charge in [0.25, 0.3) is 11.6 Å². The van der Waals surface area contributed by atoms with Gasteiger partial charge in [-0.15, -0.1) is 0 Å². The van der Waals surface area contributed by atoms with Crippen LogP contribution in [0.25, 0.3) is 33.5 Å². The lowest BCUT2D eigenvalue weighted by molar-refractivity contribution is -0.384. The topological polar surface area (TPSA) is 120 Å². The lowest BCUT2D eigenvalue weighted by atomic mass is 10.0. The Morgan fingerprint density at radius 3 is 2.59 bits per heavy atom. The third-order valence-corrected chi connectivity index (χ3v) is 5.68. The number of ether oxygens (including phenoxy) is 1. The number of furan rings is 1. The van der Waals surface area contributed by atoms with Crippen molar-refractivity contribution in [3.63, 3.8) is 0 Å². The SMILES string of the molecule is COc1cc([N+](=O)[O-])ccc1-c1ccc(/C=N/NC(=O)c2cc(-c3ccccc3)nc3ccccc23)o1. The summed E-state index contributed by atoms with van der Waals surface area (Å²) in [6, 6.07) is 26.4. The number of carbonyl (C=O) groups is 1. The molecule has 182 valence electrons. The molecule has 0 aliphatic carbocycles. The second-order valence-electron chi connectivity index (χ2n) is 7.98. The maximum Gasteiger partial charge on any atom is 0.273 e. The van der Waals surface area contributed by atoms with Crippen LogP contribution in [0.5, 0.6) is 5.75 Å². The van der Waals surface area contributed by atoms with Crippen LogP contribution >= 0.6 is 0 Å². The summed E-state index contributed by atoms with van der Waals surface area (Å²) < 4.78 is 11.1. The molecule has 0 fully saturated rings. The van der Waals surface area contributed by atoms with Gasteiger partial charge in [-0.05, 0) is 30.3 Å². The largest absolute Gasteiger partial charge is 0.496 e. The van der Waals surface area contributed by atoms with Crippen LogP contribution in [-0.4, -0.2) is 29.1 Å². The first kappa shape index (κ1) is 23.4. The van der Waals surface area contributed by atoms with Gasteiger partial charge in [0.05, 0.1) is 46.7 Å². The second kappa shape index (κ2) is 10.1. The van der Waals surface area contributed by atoms with Crippen molar-refractivity contribution in [3.05, 3.63) is 112 Å². The minimum atomic E-state index is -0.496. The van der Waals surface area contributed by atoms with Crippen molar-refractivity contribution in [2.45, 2.75) is 0 Å². The summed E-state index contributed by atoms with van der Waals surface area (Å²) in [5.41, 5.74) is 5.74. The molecule has 9 nitrogen and oxygen atoms in total. The summed E-state index contributed by atoms with van der Waals surface area (Å²) >= 11 is 0. The van der Waals surface area contributed by atoms with Crippen LogP contribution in [-0.2, 0) is 0 Å². The molecule has 5 rings (SSSR count). The van der Waals surface area contributed by atoms with Crippen molar-refractivity contribution in [3.8, 4) is 28.3 Å². The molecule has 0 spiro atoms. The fourth-order valence-corrected chi connectivity index (χ4v) is 3.90. The number of hydrogen-bond donors (Lipinski definition) is 1. The van der Waals surface area contributed by atoms with Crippen LogP contribution in [0, 0.1) is 10.1 Å². The molecule has 0 aliphatic rings. The summed E-state index contributed by atoms with van der Waals surface area (Å²) in [5, 5.41) is 15.8. The average Bonchev–Trinajstić information content (AvgIpc) is 3.41. The van der Waals surface area contributed by atoms with E-state index < -0.39 is 10.8 Å². The number of nitrogens with zero attached hydrogens (tertiary/aromatic N) is 3. The Morgan fingerprint density at radius 2 is 1.81 bits per heavy atom. The molecule has 0 saturated heterocycles. The molecule has 1 N–H and O–H groups in total. The number of nitrogens with one attached hydrogen (secondary N) is 1. The fourth-order valence-electron chi connectivity index (χ4n) is 3.90. The Hall–Kier alpha value is -5.31. The van der Waals surface area contributed by atoms with Gasteiger partial charge < -0.3 is 9.15 Å². The summed E-state index contributed by atoms with van der Waals surface area (Å²) in [7, 11) is 1.43. The molecule has 0 atom stereocenters. The van der Waals surface area contributed by atoms with Gasteiger partial charge in [-0.1, -0.05) is 48.5 Å². The van der Waals surface area contributed by atoms with Crippen LogP contribution in [0.3, 0.4) is 0 Å². The molecular weight excluding hydrogens is 472 g/mol. The number of nitro benzene ring substituents is 1. The zero-order valence-corrected chi connectivity index (χ0v) is 19.6. The molecule has 5 aromatic rings. The van der Waals surface area contributed by atoms with Crippen LogP contribution in [0.4, 0.5) is 5.69 Å². The molecule has 3 aromatic carbocycles. The van der Waals surface area contributed by atoms with E-state index in [0.29, 0.717) is 45.0 Å². The average molecular weight is 492 g/mol. The molecule has 1 amide bonds. The van der Waals surface area contributed by atoms with E-state index in [9.17, 15) is 14.9 Å². The number of non-ortho nitro benzene ring substituents is 1. The standard InChI is InChI=1S/C28H20N4O5/c1-36-27-15-19(32(34)35)11-13-22(27)26-14-12-20(37-26)17-29-31-28(33)23-16-25(18-7-3-2-4-8-18)30-24-10-6-5-9-21(23)24/h2-17H,1H3,(H,31,33)/b29-17+. The van der Waals surface area contributed by atoms with Gasteiger partial charge >= 0.3 is 0 Å². The molecule has 0 unspecified atom stereocenters. The summed E-state index contributed by atoms with van der Waals surface area (Å²) in [6.07, 6.45) is 1.38. The highest BCUT2D eigenvalue weighted by molar-refractivity contribution is 6.07. The normalized spacial score (nSPS) is 11.1. The number of aromatic nitrogens is 1. The smallest absolute Gasteiger partial charge is 0.273 e. The van der Waals surface area contributed by atoms with E-state index in [1.54, 1.807) is 24.3 Å². The van der Waals surface area contributed by atoms with E-state index in [0.717, 1.165) is 5.56 Å². The molecule has 0 radical (unpaired) electrons. The van der Waals surface area contributed by atoms with Crippen molar-refractivity contribution < 1.29 is 18.9 Å². The van der Waals surface area contributed by atoms with E-state index in [-0.39, 0.29) is 5.69 Å². The number of rotatable bonds is 7. The number of pyridine rings is 1. The Bertz CT molecular complexity index is 1640. The first-order valence-corrected chi connectivity index (χ1v) is 11.2. The van der Waals surface area contributed by atoms with Gasteiger partial charge in [0.1, 0.15) is 17.3 Å². The quantitative estimate of drug-likeness (QED) is 0.173. The van der Waals surface area contributed by atoms with Gasteiger partial charge in [-0.3, -0.25) is 14.9 Å². The third-order valence-electron chi connectivity index (χ3n) is 5.68. The maximum absolute atomic E-state index is 13.1. The highest BCUT2D eigenvalue weighted by Gasteiger charge is 2.16. The van der Waals surface area contributed by atoms with Gasteiger partial charge in [-0.25, -0.2) is 10.4 Å². The van der Waals surface area contributed by atoms with Crippen LogP contribution in [0.2, 0.25) is 0 Å². The van der Waals surface area contributed by atoms with E-state index in [4.69, 9.17) is 14.1 Å². The highest BCUT2D eigenvalue weighted by Crippen LogP contribution is 2.34. The minimum Gasteiger partial charge on any atom is -0.496 e. The zero-order valence-electron chi connectivity index (χ0n) is 19.6. The van der Waals surface area contributed by atoms with Crippen molar-refractivity contribution in [1.82, 2.24) is 10.4 Å². The van der Waals surface area contributed by atoms with E-state index >= 15 is 0 Å². The zero-order chi connectivity index (χ0) is 25.8. The van der Waals surface area contributed by atoms with Crippen LogP contribution in [0.15, 0.2) is 101 Å². The highest BCUT2D eigenvalue weighted by atomic mass is 16.6. The third kappa shape index (κ3) is 4.92. The summed E-state index contributed by atoms with van der Waals surface area (Å²) in [6.45, 7) is 0. The molecular formula is C28H20N4O5. The Morgan fingerprint density at radius 1 is 1.03 bits per heavy atom. The number of amides is 1. The summed E-state index contributed by atoms with van der Waals surface area (Å²) in [5.74, 6) is 0.724. The number of fused-ring (bicyclic) bond motifs is 1. The Labute approximate surface area is 211 Å². The number of nitro groups is 1. The van der Waals surface area contributed by atoms with Crippen LogP contribution < -0.4 is 10.2 Å². The minimum absolute atomic E-state index is 0.0873. The van der Waals surface area contributed by atoms with E-state index in [2.05, 4.69) is 10.5 Å².